The number of nitrogens with zero attached hydrogens (tertiary/aromatic N) is 2. The molecule has 0 amide bonds. The molecule has 2 rings (SSSR count). The molecule has 2 aromatic rings. The number of nitrogens with two attached hydrogens (primary N) is 1. The molecule has 0 aliphatic heterocycles. The fourth-order valence-electron chi connectivity index (χ4n) is 2.99. The Kier molecular flexibility index (Phi) is 8.10. The van der Waals surface area contributed by atoms with Crippen molar-refractivity contribution >= 4 is 21.8 Å². The zero-order valence-corrected chi connectivity index (χ0v) is 17.4. The van der Waals surface area contributed by atoms with Crippen LogP contribution in [-0.4, -0.2) is 49.1 Å². The molecule has 29 heavy (non-hydrogen) atoms. The maximum absolute atomic E-state index is 13.1. The van der Waals surface area contributed by atoms with Gasteiger partial charge in [-0.15, -0.1) is 0 Å². The summed E-state index contributed by atoms with van der Waals surface area (Å²) >= 11 is 0. The van der Waals surface area contributed by atoms with Gasteiger partial charge in [0, 0.05) is 18.8 Å². The van der Waals surface area contributed by atoms with E-state index in [1.807, 2.05) is 44.2 Å². The summed E-state index contributed by atoms with van der Waals surface area (Å²) < 4.78 is 27.5. The van der Waals surface area contributed by atoms with Gasteiger partial charge in [0.15, 0.2) is 0 Å². The van der Waals surface area contributed by atoms with Crippen LogP contribution >= 0.6 is 0 Å². The van der Waals surface area contributed by atoms with Gasteiger partial charge in [-0.25, -0.2) is 13.2 Å². The molecule has 0 fully saturated rings. The first kappa shape index (κ1) is 22.8. The van der Waals surface area contributed by atoms with Gasteiger partial charge in [0.05, 0.1) is 17.0 Å². The van der Waals surface area contributed by atoms with E-state index in [0.717, 1.165) is 5.56 Å². The molecular weight excluding hydrogens is 390 g/mol. The maximum Gasteiger partial charge on any atom is 0.243 e. The molecule has 7 nitrogen and oxygen atoms in total. The Balaban J connectivity index is 2.27. The summed E-state index contributed by atoms with van der Waals surface area (Å²) in [5.74, 6) is 0.0351. The largest absolute Gasteiger partial charge is 0.399 e. The van der Waals surface area contributed by atoms with Crippen LogP contribution in [0, 0.1) is 5.92 Å². The van der Waals surface area contributed by atoms with Gasteiger partial charge in [0.25, 0.3) is 0 Å². The standard InChI is InChI=1S/C21H27N3O4S/c1-16(2)13-24(29(27,28)19-10-8-18(22)9-11-19)14-21(26)20(23-15-25)12-17-6-4-3-5-7-17/h3-11,16,20-21,26H,12-14,22H2,1-2H3/t20?,21-/m1/s1. The van der Waals surface area contributed by atoms with Crippen molar-refractivity contribution in [1.82, 2.24) is 4.31 Å². The van der Waals surface area contributed by atoms with Crippen LogP contribution < -0.4 is 5.73 Å². The predicted molar refractivity (Wildman–Crippen MR) is 113 cm³/mol. The SMILES string of the molecule is CC(C)CN(C[C@@H](O)C(Cc1ccccc1)N=C=O)S(=O)(=O)c1ccc(N)cc1. The van der Waals surface area contributed by atoms with Crippen LogP contribution in [0.3, 0.4) is 0 Å². The third-order valence-electron chi connectivity index (χ3n) is 4.43. The second kappa shape index (κ2) is 10.3. The van der Waals surface area contributed by atoms with Crippen molar-refractivity contribution in [2.75, 3.05) is 18.8 Å². The van der Waals surface area contributed by atoms with Crippen LogP contribution in [0.15, 0.2) is 64.5 Å². The number of rotatable bonds is 10. The van der Waals surface area contributed by atoms with Gasteiger partial charge >= 0.3 is 0 Å². The number of hydrogen-bond acceptors (Lipinski definition) is 6. The Labute approximate surface area is 171 Å². The first-order valence-corrected chi connectivity index (χ1v) is 10.8. The molecule has 0 spiro atoms. The van der Waals surface area contributed by atoms with Gasteiger partial charge in [0.1, 0.15) is 0 Å². The van der Waals surface area contributed by atoms with Gasteiger partial charge in [-0.3, -0.25) is 0 Å². The van der Waals surface area contributed by atoms with E-state index in [-0.39, 0.29) is 23.9 Å². The highest BCUT2D eigenvalue weighted by Gasteiger charge is 2.30. The first-order valence-electron chi connectivity index (χ1n) is 9.38. The second-order valence-electron chi connectivity index (χ2n) is 7.33. The number of benzene rings is 2. The van der Waals surface area contributed by atoms with E-state index in [4.69, 9.17) is 5.73 Å². The highest BCUT2D eigenvalue weighted by Crippen LogP contribution is 2.20. The van der Waals surface area contributed by atoms with E-state index in [2.05, 4.69) is 4.99 Å². The lowest BCUT2D eigenvalue weighted by atomic mass is 10.0. The Morgan fingerprint density at radius 1 is 1.07 bits per heavy atom. The molecule has 0 bridgehead atoms. The summed E-state index contributed by atoms with van der Waals surface area (Å²) in [4.78, 5) is 14.7. The number of aliphatic hydroxyl groups is 1. The molecule has 2 aromatic carbocycles. The summed E-state index contributed by atoms with van der Waals surface area (Å²) in [7, 11) is -3.85. The van der Waals surface area contributed by atoms with Crippen LogP contribution in [-0.2, 0) is 21.2 Å². The number of isocyanates is 1. The van der Waals surface area contributed by atoms with E-state index in [9.17, 15) is 18.3 Å². The number of hydrogen-bond donors (Lipinski definition) is 2. The van der Waals surface area contributed by atoms with Crippen molar-refractivity contribution in [2.45, 2.75) is 37.3 Å². The zero-order chi connectivity index (χ0) is 21.4. The highest BCUT2D eigenvalue weighted by molar-refractivity contribution is 7.89. The van der Waals surface area contributed by atoms with Crippen molar-refractivity contribution in [2.24, 2.45) is 10.9 Å². The molecular formula is C21H27N3O4S. The number of aliphatic hydroxyl groups excluding tert-OH is 1. The van der Waals surface area contributed by atoms with Crippen LogP contribution in [0.25, 0.3) is 0 Å². The number of nitrogen functional groups attached to an aromatic ring is 1. The third kappa shape index (κ3) is 6.51. The van der Waals surface area contributed by atoms with E-state index in [0.29, 0.717) is 12.1 Å². The fourth-order valence-corrected chi connectivity index (χ4v) is 4.61. The molecule has 0 aromatic heterocycles. The summed E-state index contributed by atoms with van der Waals surface area (Å²) in [6, 6.07) is 14.4. The topological polar surface area (TPSA) is 113 Å². The molecule has 3 N–H and O–H groups in total. The molecule has 0 aliphatic carbocycles. The molecule has 0 radical (unpaired) electrons. The molecule has 8 heteroatoms. The summed E-state index contributed by atoms with van der Waals surface area (Å²) in [5.41, 5.74) is 7.00. The summed E-state index contributed by atoms with van der Waals surface area (Å²) in [5, 5.41) is 10.7. The van der Waals surface area contributed by atoms with Crippen molar-refractivity contribution in [1.29, 1.82) is 0 Å². The number of carbonyl (C=O) groups excluding carboxylic acids is 1. The molecule has 0 aliphatic rings. The highest BCUT2D eigenvalue weighted by atomic mass is 32.2. The lowest BCUT2D eigenvalue weighted by Gasteiger charge is -2.28. The Morgan fingerprint density at radius 3 is 2.24 bits per heavy atom. The van der Waals surface area contributed by atoms with Crippen molar-refractivity contribution in [3.63, 3.8) is 0 Å². The van der Waals surface area contributed by atoms with Gasteiger partial charge in [0.2, 0.25) is 16.1 Å². The molecule has 0 saturated carbocycles. The number of sulfonamides is 1. The van der Waals surface area contributed by atoms with Crippen LogP contribution in [0.4, 0.5) is 5.69 Å². The maximum atomic E-state index is 13.1. The molecule has 156 valence electrons. The van der Waals surface area contributed by atoms with Crippen LogP contribution in [0.1, 0.15) is 19.4 Å². The average Bonchev–Trinajstić information content (AvgIpc) is 2.68. The van der Waals surface area contributed by atoms with E-state index < -0.39 is 22.2 Å². The van der Waals surface area contributed by atoms with E-state index in [1.165, 1.54) is 34.7 Å². The minimum atomic E-state index is -3.85. The minimum absolute atomic E-state index is 0.0351. The van der Waals surface area contributed by atoms with Crippen molar-refractivity contribution in [3.8, 4) is 0 Å². The second-order valence-corrected chi connectivity index (χ2v) is 9.27. The minimum Gasteiger partial charge on any atom is -0.399 e. The number of aliphatic imine (C=N–C) groups is 1. The lowest BCUT2D eigenvalue weighted by Crippen LogP contribution is -2.44. The van der Waals surface area contributed by atoms with Gasteiger partial charge in [-0.2, -0.15) is 9.30 Å². The first-order chi connectivity index (χ1) is 13.7. The Bertz CT molecular complexity index is 924. The van der Waals surface area contributed by atoms with Gasteiger partial charge in [-0.1, -0.05) is 44.2 Å². The van der Waals surface area contributed by atoms with Crippen LogP contribution in [0.2, 0.25) is 0 Å². The van der Waals surface area contributed by atoms with E-state index >= 15 is 0 Å². The monoisotopic (exact) mass is 417 g/mol. The van der Waals surface area contributed by atoms with Crippen molar-refractivity contribution < 1.29 is 18.3 Å². The normalized spacial score (nSPS) is 13.8. The third-order valence-corrected chi connectivity index (χ3v) is 6.27. The smallest absolute Gasteiger partial charge is 0.243 e. The van der Waals surface area contributed by atoms with Crippen LogP contribution in [0.5, 0.6) is 0 Å². The molecule has 0 saturated heterocycles. The van der Waals surface area contributed by atoms with Crippen molar-refractivity contribution in [3.05, 3.63) is 60.2 Å². The average molecular weight is 418 g/mol. The Hall–Kier alpha value is -2.51. The summed E-state index contributed by atoms with van der Waals surface area (Å²) in [6.45, 7) is 3.81. The zero-order valence-electron chi connectivity index (χ0n) is 16.6. The summed E-state index contributed by atoms with van der Waals surface area (Å²) in [6.07, 6.45) is 0.625. The molecule has 0 heterocycles. The fraction of sp³-hybridized carbons (Fsp3) is 0.381. The molecule has 1 unspecified atom stereocenters. The van der Waals surface area contributed by atoms with Gasteiger partial charge in [-0.05, 0) is 42.2 Å². The van der Waals surface area contributed by atoms with Gasteiger partial charge < -0.3 is 10.8 Å². The quantitative estimate of drug-likeness (QED) is 0.350. The molecule has 2 atom stereocenters. The van der Waals surface area contributed by atoms with E-state index in [1.54, 1.807) is 0 Å². The Morgan fingerprint density at radius 2 is 1.69 bits per heavy atom. The predicted octanol–water partition coefficient (Wildman–Crippen LogP) is 2.22. The number of anilines is 1. The lowest BCUT2D eigenvalue weighted by molar-refractivity contribution is 0.117.